The van der Waals surface area contributed by atoms with Crippen LogP contribution in [-0.4, -0.2) is 48.8 Å². The molecule has 4 rings (SSSR count). The number of aryl methyl sites for hydroxylation is 1. The summed E-state index contributed by atoms with van der Waals surface area (Å²) in [5, 5.41) is 3.01. The molecule has 1 aromatic carbocycles. The van der Waals surface area contributed by atoms with Gasteiger partial charge in [0, 0.05) is 31.6 Å². The molecule has 8 heteroatoms. The molecule has 29 heavy (non-hydrogen) atoms. The van der Waals surface area contributed by atoms with E-state index in [-0.39, 0.29) is 0 Å². The second-order valence-corrected chi connectivity index (χ2v) is 10.1. The fraction of sp³-hybridized carbons (Fsp3) is 0.381. The number of nitrogens with zero attached hydrogens (tertiary/aromatic N) is 3. The molecule has 3 aromatic rings. The number of thiazole rings is 1. The number of hydrogen-bond acceptors (Lipinski definition) is 6. The second kappa shape index (κ2) is 8.79. The lowest BCUT2D eigenvalue weighted by molar-refractivity contribution is 0.181. The Bertz CT molecular complexity index is 1020. The predicted octanol–water partition coefficient (Wildman–Crippen LogP) is 3.86. The minimum atomic E-state index is -3.43. The SMILES string of the molecule is CCCc1ccc(S(=O)(=O)N2CCN(Cc3nc(-c4ccco4)cs3)CC2)cc1. The van der Waals surface area contributed by atoms with Crippen LogP contribution in [0.2, 0.25) is 0 Å². The van der Waals surface area contributed by atoms with Crippen molar-refractivity contribution >= 4 is 21.4 Å². The first-order chi connectivity index (χ1) is 14.1. The Balaban J connectivity index is 1.35. The second-order valence-electron chi connectivity index (χ2n) is 7.18. The molecule has 1 aliphatic heterocycles. The molecule has 0 aliphatic carbocycles. The van der Waals surface area contributed by atoms with Crippen LogP contribution in [0.25, 0.3) is 11.5 Å². The first kappa shape index (κ1) is 20.3. The summed E-state index contributed by atoms with van der Waals surface area (Å²) in [4.78, 5) is 7.27. The van der Waals surface area contributed by atoms with Gasteiger partial charge in [-0.15, -0.1) is 11.3 Å². The summed E-state index contributed by atoms with van der Waals surface area (Å²) in [5.74, 6) is 0.772. The quantitative estimate of drug-likeness (QED) is 0.568. The lowest BCUT2D eigenvalue weighted by Gasteiger charge is -2.33. The molecular formula is C21H25N3O3S2. The fourth-order valence-corrected chi connectivity index (χ4v) is 5.75. The van der Waals surface area contributed by atoms with Gasteiger partial charge in [-0.05, 0) is 36.2 Å². The molecule has 0 atom stereocenters. The van der Waals surface area contributed by atoms with E-state index in [2.05, 4.69) is 16.8 Å². The highest BCUT2D eigenvalue weighted by Crippen LogP contribution is 2.24. The van der Waals surface area contributed by atoms with Gasteiger partial charge < -0.3 is 4.42 Å². The van der Waals surface area contributed by atoms with Crippen molar-refractivity contribution in [2.45, 2.75) is 31.2 Å². The third-order valence-electron chi connectivity index (χ3n) is 5.12. The Morgan fingerprint density at radius 1 is 1.10 bits per heavy atom. The van der Waals surface area contributed by atoms with Crippen LogP contribution in [0.5, 0.6) is 0 Å². The maximum atomic E-state index is 12.9. The zero-order valence-corrected chi connectivity index (χ0v) is 18.1. The summed E-state index contributed by atoms with van der Waals surface area (Å²) >= 11 is 1.61. The van der Waals surface area contributed by atoms with E-state index in [1.165, 1.54) is 5.56 Å². The van der Waals surface area contributed by atoms with E-state index < -0.39 is 10.0 Å². The summed E-state index contributed by atoms with van der Waals surface area (Å²) in [5.41, 5.74) is 2.02. The number of aromatic nitrogens is 1. The van der Waals surface area contributed by atoms with Crippen LogP contribution in [0.4, 0.5) is 0 Å². The van der Waals surface area contributed by atoms with E-state index in [0.717, 1.165) is 35.8 Å². The van der Waals surface area contributed by atoms with Crippen molar-refractivity contribution in [3.8, 4) is 11.5 Å². The minimum absolute atomic E-state index is 0.383. The Morgan fingerprint density at radius 2 is 1.86 bits per heavy atom. The molecule has 6 nitrogen and oxygen atoms in total. The number of furan rings is 1. The van der Waals surface area contributed by atoms with Gasteiger partial charge in [-0.3, -0.25) is 4.90 Å². The summed E-state index contributed by atoms with van der Waals surface area (Å²) in [6, 6.07) is 11.1. The standard InChI is InChI=1S/C21H25N3O3S2/c1-2-4-17-6-8-18(9-7-17)29(25,26)24-12-10-23(11-13-24)15-21-22-19(16-28-21)20-5-3-14-27-20/h3,5-9,14,16H,2,4,10-13,15H2,1H3. The average molecular weight is 432 g/mol. The minimum Gasteiger partial charge on any atom is -0.463 e. The van der Waals surface area contributed by atoms with Crippen molar-refractivity contribution in [3.63, 3.8) is 0 Å². The van der Waals surface area contributed by atoms with Crippen molar-refractivity contribution in [1.29, 1.82) is 0 Å². The van der Waals surface area contributed by atoms with E-state index in [9.17, 15) is 8.42 Å². The van der Waals surface area contributed by atoms with Gasteiger partial charge in [-0.25, -0.2) is 13.4 Å². The summed E-state index contributed by atoms with van der Waals surface area (Å²) in [6.45, 7) is 5.23. The molecule has 0 bridgehead atoms. The maximum Gasteiger partial charge on any atom is 0.243 e. The van der Waals surface area contributed by atoms with Gasteiger partial charge in [0.05, 0.1) is 17.7 Å². The fourth-order valence-electron chi connectivity index (χ4n) is 3.51. The monoisotopic (exact) mass is 431 g/mol. The molecule has 0 N–H and O–H groups in total. The Hall–Kier alpha value is -2.00. The molecule has 0 radical (unpaired) electrons. The Labute approximate surface area is 175 Å². The molecule has 154 valence electrons. The summed E-state index contributed by atoms with van der Waals surface area (Å²) < 4.78 is 32.9. The van der Waals surface area contributed by atoms with Crippen LogP contribution in [0.1, 0.15) is 23.9 Å². The molecule has 1 saturated heterocycles. The molecule has 0 spiro atoms. The van der Waals surface area contributed by atoms with Crippen molar-refractivity contribution in [1.82, 2.24) is 14.2 Å². The molecule has 2 aromatic heterocycles. The van der Waals surface area contributed by atoms with E-state index in [1.807, 2.05) is 29.6 Å². The third kappa shape index (κ3) is 4.61. The molecule has 0 amide bonds. The zero-order valence-electron chi connectivity index (χ0n) is 16.5. The molecular weight excluding hydrogens is 406 g/mol. The van der Waals surface area contributed by atoms with Crippen LogP contribution >= 0.6 is 11.3 Å². The first-order valence-corrected chi connectivity index (χ1v) is 12.2. The van der Waals surface area contributed by atoms with E-state index in [4.69, 9.17) is 4.42 Å². The third-order valence-corrected chi connectivity index (χ3v) is 7.86. The van der Waals surface area contributed by atoms with E-state index in [0.29, 0.717) is 31.1 Å². The van der Waals surface area contributed by atoms with Gasteiger partial charge in [0.25, 0.3) is 0 Å². The number of piperazine rings is 1. The lowest BCUT2D eigenvalue weighted by atomic mass is 10.1. The number of rotatable bonds is 7. The van der Waals surface area contributed by atoms with Gasteiger partial charge >= 0.3 is 0 Å². The largest absolute Gasteiger partial charge is 0.463 e. The highest BCUT2D eigenvalue weighted by Gasteiger charge is 2.28. The number of hydrogen-bond donors (Lipinski definition) is 0. The average Bonchev–Trinajstić information content (AvgIpc) is 3.41. The van der Waals surface area contributed by atoms with Crippen LogP contribution in [-0.2, 0) is 23.0 Å². The molecule has 1 aliphatic rings. The molecule has 0 unspecified atom stereocenters. The van der Waals surface area contributed by atoms with Crippen LogP contribution < -0.4 is 0 Å². The number of sulfonamides is 1. The van der Waals surface area contributed by atoms with Crippen LogP contribution in [0.15, 0.2) is 57.4 Å². The van der Waals surface area contributed by atoms with Gasteiger partial charge in [0.1, 0.15) is 10.7 Å². The predicted molar refractivity (Wildman–Crippen MR) is 114 cm³/mol. The van der Waals surface area contributed by atoms with Crippen molar-refractivity contribution in [2.24, 2.45) is 0 Å². The van der Waals surface area contributed by atoms with E-state index >= 15 is 0 Å². The topological polar surface area (TPSA) is 66.7 Å². The van der Waals surface area contributed by atoms with Crippen LogP contribution in [0, 0.1) is 0 Å². The van der Waals surface area contributed by atoms with E-state index in [1.54, 1.807) is 34.0 Å². The zero-order chi connectivity index (χ0) is 20.3. The molecule has 1 fully saturated rings. The van der Waals surface area contributed by atoms with Gasteiger partial charge in [0.15, 0.2) is 5.76 Å². The van der Waals surface area contributed by atoms with Gasteiger partial charge in [0.2, 0.25) is 10.0 Å². The Kier molecular flexibility index (Phi) is 6.15. The first-order valence-electron chi connectivity index (χ1n) is 9.86. The lowest BCUT2D eigenvalue weighted by Crippen LogP contribution is -2.48. The normalized spacial score (nSPS) is 16.3. The van der Waals surface area contributed by atoms with Crippen molar-refractivity contribution in [3.05, 3.63) is 58.6 Å². The number of benzene rings is 1. The summed E-state index contributed by atoms with van der Waals surface area (Å²) in [7, 11) is -3.43. The van der Waals surface area contributed by atoms with Crippen LogP contribution in [0.3, 0.4) is 0 Å². The van der Waals surface area contributed by atoms with Gasteiger partial charge in [-0.2, -0.15) is 4.31 Å². The smallest absolute Gasteiger partial charge is 0.243 e. The highest BCUT2D eigenvalue weighted by atomic mass is 32.2. The molecule has 0 saturated carbocycles. The maximum absolute atomic E-state index is 12.9. The Morgan fingerprint density at radius 3 is 2.52 bits per heavy atom. The van der Waals surface area contributed by atoms with Gasteiger partial charge in [-0.1, -0.05) is 25.5 Å². The van der Waals surface area contributed by atoms with Crippen molar-refractivity contribution < 1.29 is 12.8 Å². The van der Waals surface area contributed by atoms with Crippen molar-refractivity contribution in [2.75, 3.05) is 26.2 Å². The highest BCUT2D eigenvalue weighted by molar-refractivity contribution is 7.89. The summed E-state index contributed by atoms with van der Waals surface area (Å²) in [6.07, 6.45) is 3.67. The molecule has 3 heterocycles.